The van der Waals surface area contributed by atoms with E-state index in [1.807, 2.05) is 6.26 Å². The maximum atomic E-state index is 12.0. The van der Waals surface area contributed by atoms with Gasteiger partial charge in [-0.2, -0.15) is 0 Å². The normalized spacial score (nSPS) is 25.4. The van der Waals surface area contributed by atoms with E-state index in [9.17, 15) is 14.4 Å². The van der Waals surface area contributed by atoms with Crippen molar-refractivity contribution in [3.05, 3.63) is 17.4 Å². The van der Waals surface area contributed by atoms with Gasteiger partial charge in [-0.1, -0.05) is 23.4 Å². The van der Waals surface area contributed by atoms with Gasteiger partial charge in [0.1, 0.15) is 23.5 Å². The van der Waals surface area contributed by atoms with Gasteiger partial charge in [-0.25, -0.2) is 9.97 Å². The number of rotatable bonds is 6. The molecule has 10 nitrogen and oxygen atoms in total. The van der Waals surface area contributed by atoms with Crippen LogP contribution in [0.2, 0.25) is 5.15 Å². The summed E-state index contributed by atoms with van der Waals surface area (Å²) in [6.07, 6.45) is 0.580. The van der Waals surface area contributed by atoms with Crippen molar-refractivity contribution in [1.29, 1.82) is 0 Å². The van der Waals surface area contributed by atoms with Crippen LogP contribution in [0.15, 0.2) is 17.4 Å². The van der Waals surface area contributed by atoms with Crippen LogP contribution in [0.5, 0.6) is 0 Å². The molecule has 0 amide bonds. The summed E-state index contributed by atoms with van der Waals surface area (Å²) in [6, 6.07) is 1.71. The maximum Gasteiger partial charge on any atom is 0.303 e. The van der Waals surface area contributed by atoms with Crippen molar-refractivity contribution in [2.45, 2.75) is 56.9 Å². The molecule has 3 heterocycles. The van der Waals surface area contributed by atoms with E-state index < -0.39 is 41.9 Å². The third kappa shape index (κ3) is 4.63. The smallest absolute Gasteiger partial charge is 0.303 e. The Kier molecular flexibility index (Phi) is 6.77. The number of hydrogen-bond acceptors (Lipinski definition) is 10. The van der Waals surface area contributed by atoms with E-state index in [0.29, 0.717) is 16.2 Å². The average Bonchev–Trinajstić information content (AvgIpc) is 3.19. The fourth-order valence-corrected chi connectivity index (χ4v) is 4.24. The molecular weight excluding hydrogens is 450 g/mol. The summed E-state index contributed by atoms with van der Waals surface area (Å²) in [5, 5.41) is 1.27. The van der Waals surface area contributed by atoms with Crippen LogP contribution in [0, 0.1) is 0 Å². The van der Waals surface area contributed by atoms with Crippen molar-refractivity contribution in [2.75, 3.05) is 12.9 Å². The maximum absolute atomic E-state index is 12.0. The topological polar surface area (TPSA) is 119 Å². The SMILES string of the molecule is CSc1nc(Cl)c2ccn(C3O[C@H](COC(C)=O)[C@@H](OC(C)=O)[C@]3(C)OC(C)=O)c2n1. The summed E-state index contributed by atoms with van der Waals surface area (Å²) in [6.45, 7) is 5.11. The minimum Gasteiger partial charge on any atom is -0.463 e. The zero-order chi connectivity index (χ0) is 22.9. The molecule has 0 N–H and O–H groups in total. The number of aromatic nitrogens is 3. The average molecular weight is 472 g/mol. The van der Waals surface area contributed by atoms with Gasteiger partial charge in [-0.15, -0.1) is 0 Å². The highest BCUT2D eigenvalue weighted by Gasteiger charge is 2.60. The van der Waals surface area contributed by atoms with E-state index in [1.54, 1.807) is 23.8 Å². The van der Waals surface area contributed by atoms with Gasteiger partial charge in [0.15, 0.2) is 23.1 Å². The summed E-state index contributed by atoms with van der Waals surface area (Å²) in [7, 11) is 0. The molecule has 0 bridgehead atoms. The lowest BCUT2D eigenvalue weighted by molar-refractivity contribution is -0.184. The highest BCUT2D eigenvalue weighted by Crippen LogP contribution is 2.44. The van der Waals surface area contributed by atoms with Crippen molar-refractivity contribution in [2.24, 2.45) is 0 Å². The lowest BCUT2D eigenvalue weighted by Crippen LogP contribution is -2.50. The second-order valence-electron chi connectivity index (χ2n) is 7.10. The number of hydrogen-bond donors (Lipinski definition) is 0. The molecule has 0 radical (unpaired) electrons. The van der Waals surface area contributed by atoms with Crippen LogP contribution in [0.3, 0.4) is 0 Å². The lowest BCUT2D eigenvalue weighted by Gasteiger charge is -2.34. The molecule has 12 heteroatoms. The molecule has 1 saturated heterocycles. The van der Waals surface area contributed by atoms with E-state index in [4.69, 9.17) is 30.5 Å². The monoisotopic (exact) mass is 471 g/mol. The van der Waals surface area contributed by atoms with Crippen LogP contribution in [0.1, 0.15) is 33.9 Å². The number of carbonyl (C=O) groups excluding carboxylic acids is 3. The van der Waals surface area contributed by atoms with Crippen molar-refractivity contribution in [1.82, 2.24) is 14.5 Å². The molecule has 3 rings (SSSR count). The molecule has 2 aromatic heterocycles. The Balaban J connectivity index is 2.13. The molecule has 1 unspecified atom stereocenters. The minimum atomic E-state index is -1.45. The first-order valence-electron chi connectivity index (χ1n) is 9.30. The van der Waals surface area contributed by atoms with E-state index >= 15 is 0 Å². The zero-order valence-electron chi connectivity index (χ0n) is 17.6. The Morgan fingerprint density at radius 3 is 2.52 bits per heavy atom. The van der Waals surface area contributed by atoms with E-state index in [2.05, 4.69) is 9.97 Å². The second kappa shape index (κ2) is 9.01. The van der Waals surface area contributed by atoms with Crippen LogP contribution in [-0.4, -0.2) is 63.1 Å². The van der Waals surface area contributed by atoms with Crippen LogP contribution in [0.25, 0.3) is 11.0 Å². The standard InChI is InChI=1S/C19H22ClN3O7S/c1-9(24)27-8-13-14(28-10(2)25)19(4,30-11(3)26)17(29-13)23-7-6-12-15(20)21-18(31-5)22-16(12)23/h6-7,13-14,17H,8H2,1-5H3/t13-,14-,17?,19+/m1/s1. The summed E-state index contributed by atoms with van der Waals surface area (Å²) >= 11 is 7.61. The first-order chi connectivity index (χ1) is 14.6. The molecule has 1 fully saturated rings. The molecule has 0 spiro atoms. The van der Waals surface area contributed by atoms with Gasteiger partial charge in [0.25, 0.3) is 0 Å². The Morgan fingerprint density at radius 2 is 1.94 bits per heavy atom. The quantitative estimate of drug-likeness (QED) is 0.204. The highest BCUT2D eigenvalue weighted by atomic mass is 35.5. The molecular formula is C19H22ClN3O7S. The lowest BCUT2D eigenvalue weighted by atomic mass is 9.95. The predicted octanol–water partition coefficient (Wildman–Crippen LogP) is 2.52. The molecule has 0 aliphatic carbocycles. The van der Waals surface area contributed by atoms with Crippen molar-refractivity contribution < 1.29 is 33.3 Å². The van der Waals surface area contributed by atoms with Gasteiger partial charge in [-0.3, -0.25) is 14.4 Å². The number of nitrogens with zero attached hydrogens (tertiary/aromatic N) is 3. The van der Waals surface area contributed by atoms with Gasteiger partial charge >= 0.3 is 17.9 Å². The third-order valence-electron chi connectivity index (χ3n) is 4.74. The van der Waals surface area contributed by atoms with E-state index in [-0.39, 0.29) is 11.8 Å². The molecule has 4 atom stereocenters. The van der Waals surface area contributed by atoms with E-state index in [1.165, 1.54) is 32.5 Å². The number of esters is 3. The Bertz CT molecular complexity index is 1030. The summed E-state index contributed by atoms with van der Waals surface area (Å²) in [4.78, 5) is 43.9. The molecule has 31 heavy (non-hydrogen) atoms. The summed E-state index contributed by atoms with van der Waals surface area (Å²) in [5.41, 5.74) is -1.01. The van der Waals surface area contributed by atoms with Crippen LogP contribution in [0.4, 0.5) is 0 Å². The van der Waals surface area contributed by atoms with Crippen molar-refractivity contribution in [3.8, 4) is 0 Å². The van der Waals surface area contributed by atoms with Crippen LogP contribution >= 0.6 is 23.4 Å². The zero-order valence-corrected chi connectivity index (χ0v) is 19.2. The molecule has 168 valence electrons. The van der Waals surface area contributed by atoms with Gasteiger partial charge in [-0.05, 0) is 19.2 Å². The Morgan fingerprint density at radius 1 is 1.23 bits per heavy atom. The third-order valence-corrected chi connectivity index (χ3v) is 5.58. The highest BCUT2D eigenvalue weighted by molar-refractivity contribution is 7.98. The van der Waals surface area contributed by atoms with Crippen LogP contribution < -0.4 is 0 Å². The second-order valence-corrected chi connectivity index (χ2v) is 8.23. The molecule has 0 aromatic carbocycles. The number of carbonyl (C=O) groups is 3. The Hall–Kier alpha value is -2.37. The molecule has 1 aliphatic rings. The Labute approximate surface area is 187 Å². The molecule has 1 aliphatic heterocycles. The van der Waals surface area contributed by atoms with Gasteiger partial charge in [0.05, 0.1) is 5.39 Å². The van der Waals surface area contributed by atoms with E-state index in [0.717, 1.165) is 0 Å². The molecule has 2 aromatic rings. The number of halogens is 1. The predicted molar refractivity (Wildman–Crippen MR) is 111 cm³/mol. The van der Waals surface area contributed by atoms with Crippen LogP contribution in [-0.2, 0) is 33.3 Å². The summed E-state index contributed by atoms with van der Waals surface area (Å²) in [5.74, 6) is -1.73. The number of ether oxygens (including phenoxy) is 4. The minimum absolute atomic E-state index is 0.203. The van der Waals surface area contributed by atoms with Gasteiger partial charge in [0.2, 0.25) is 0 Å². The van der Waals surface area contributed by atoms with Gasteiger partial charge in [0, 0.05) is 27.0 Å². The van der Waals surface area contributed by atoms with Crippen molar-refractivity contribution in [3.63, 3.8) is 0 Å². The largest absolute Gasteiger partial charge is 0.463 e. The fraction of sp³-hybridized carbons (Fsp3) is 0.526. The van der Waals surface area contributed by atoms with Crippen molar-refractivity contribution >= 4 is 52.3 Å². The fourth-order valence-electron chi connectivity index (χ4n) is 3.60. The first-order valence-corrected chi connectivity index (χ1v) is 10.9. The van der Waals surface area contributed by atoms with Gasteiger partial charge < -0.3 is 23.5 Å². The number of thioether (sulfide) groups is 1. The summed E-state index contributed by atoms with van der Waals surface area (Å²) < 4.78 is 24.0. The first kappa shape index (κ1) is 23.3. The molecule has 0 saturated carbocycles. The number of fused-ring (bicyclic) bond motifs is 1.